The summed E-state index contributed by atoms with van der Waals surface area (Å²) in [4.78, 5) is 4.41. The summed E-state index contributed by atoms with van der Waals surface area (Å²) >= 11 is 0. The highest BCUT2D eigenvalue weighted by molar-refractivity contribution is 14.0. The van der Waals surface area contributed by atoms with Crippen molar-refractivity contribution in [2.24, 2.45) is 4.99 Å². The van der Waals surface area contributed by atoms with Crippen LogP contribution in [0.4, 0.5) is 8.78 Å². The molecule has 0 saturated heterocycles. The van der Waals surface area contributed by atoms with E-state index in [1.807, 2.05) is 20.8 Å². The van der Waals surface area contributed by atoms with E-state index in [1.165, 1.54) is 6.07 Å². The fourth-order valence-electron chi connectivity index (χ4n) is 2.55. The summed E-state index contributed by atoms with van der Waals surface area (Å²) in [7, 11) is 0. The molecule has 0 bridgehead atoms. The van der Waals surface area contributed by atoms with Gasteiger partial charge in [0.2, 0.25) is 6.79 Å². The summed E-state index contributed by atoms with van der Waals surface area (Å²) in [6.45, 7) is 3.85. The van der Waals surface area contributed by atoms with E-state index >= 15 is 0 Å². The van der Waals surface area contributed by atoms with E-state index in [9.17, 15) is 13.9 Å². The molecule has 7 nitrogen and oxygen atoms in total. The van der Waals surface area contributed by atoms with Gasteiger partial charge in [-0.15, -0.1) is 24.0 Å². The first-order valence-corrected chi connectivity index (χ1v) is 9.02. The Hall–Kier alpha value is -1.56. The molecule has 0 saturated carbocycles. The molecule has 0 atom stereocenters. The number of benzene rings is 1. The lowest BCUT2D eigenvalue weighted by Gasteiger charge is -2.26. The molecule has 160 valence electrons. The second kappa shape index (κ2) is 11.4. The molecule has 0 aliphatic carbocycles. The van der Waals surface area contributed by atoms with Crippen molar-refractivity contribution in [2.75, 3.05) is 19.9 Å². The zero-order valence-electron chi connectivity index (χ0n) is 16.3. The van der Waals surface area contributed by atoms with Crippen LogP contribution in [0.3, 0.4) is 0 Å². The first kappa shape index (κ1) is 24.5. The predicted octanol–water partition coefficient (Wildman–Crippen LogP) is 3.24. The van der Waals surface area contributed by atoms with Crippen LogP contribution in [0, 0.1) is 0 Å². The maximum absolute atomic E-state index is 12.7. The fourth-order valence-corrected chi connectivity index (χ4v) is 2.55. The van der Waals surface area contributed by atoms with E-state index in [-0.39, 0.29) is 43.1 Å². The molecule has 28 heavy (non-hydrogen) atoms. The SMILES string of the molecule is CCNC(=NCc1cc2c(cc1OC(F)F)OCO2)NCC(O)(CC)CC.I. The molecule has 1 aromatic carbocycles. The summed E-state index contributed by atoms with van der Waals surface area (Å²) in [6.07, 6.45) is 1.20. The molecule has 0 amide bonds. The minimum Gasteiger partial charge on any atom is -0.454 e. The number of hydrogen-bond donors (Lipinski definition) is 3. The Kier molecular flexibility index (Phi) is 10.0. The van der Waals surface area contributed by atoms with Crippen molar-refractivity contribution in [2.45, 2.75) is 52.4 Å². The number of halogens is 3. The van der Waals surface area contributed by atoms with Crippen LogP contribution in [0.2, 0.25) is 0 Å². The van der Waals surface area contributed by atoms with Crippen LogP contribution >= 0.6 is 24.0 Å². The van der Waals surface area contributed by atoms with Gasteiger partial charge in [-0.25, -0.2) is 4.99 Å². The first-order chi connectivity index (χ1) is 12.9. The first-order valence-electron chi connectivity index (χ1n) is 9.02. The Labute approximate surface area is 180 Å². The van der Waals surface area contributed by atoms with E-state index in [0.29, 0.717) is 49.0 Å². The number of fused-ring (bicyclic) bond motifs is 1. The molecule has 1 aliphatic rings. The maximum atomic E-state index is 12.7. The Balaban J connectivity index is 0.00000392. The second-order valence-corrected chi connectivity index (χ2v) is 6.17. The normalized spacial score (nSPS) is 13.3. The van der Waals surface area contributed by atoms with Gasteiger partial charge in [0.05, 0.1) is 12.1 Å². The van der Waals surface area contributed by atoms with Gasteiger partial charge in [0.25, 0.3) is 0 Å². The molecule has 2 rings (SSSR count). The largest absolute Gasteiger partial charge is 0.454 e. The van der Waals surface area contributed by atoms with E-state index in [0.717, 1.165) is 0 Å². The molecule has 0 spiro atoms. The number of guanidine groups is 1. The smallest absolute Gasteiger partial charge is 0.387 e. The average Bonchev–Trinajstić information content (AvgIpc) is 3.10. The highest BCUT2D eigenvalue weighted by Crippen LogP contribution is 2.39. The summed E-state index contributed by atoms with van der Waals surface area (Å²) in [5.41, 5.74) is -0.392. The van der Waals surface area contributed by atoms with Crippen LogP contribution in [0.1, 0.15) is 39.2 Å². The van der Waals surface area contributed by atoms with Crippen molar-refractivity contribution in [3.05, 3.63) is 17.7 Å². The third-order valence-electron chi connectivity index (χ3n) is 4.42. The van der Waals surface area contributed by atoms with Crippen molar-refractivity contribution in [1.29, 1.82) is 0 Å². The van der Waals surface area contributed by atoms with Crippen LogP contribution in [0.25, 0.3) is 0 Å². The van der Waals surface area contributed by atoms with Gasteiger partial charge < -0.3 is 30.0 Å². The second-order valence-electron chi connectivity index (χ2n) is 6.17. The zero-order chi connectivity index (χ0) is 19.9. The number of nitrogens with one attached hydrogen (secondary N) is 2. The van der Waals surface area contributed by atoms with E-state index in [1.54, 1.807) is 6.07 Å². The van der Waals surface area contributed by atoms with Gasteiger partial charge in [0.1, 0.15) is 5.75 Å². The number of rotatable bonds is 9. The topological polar surface area (TPSA) is 84.3 Å². The highest BCUT2D eigenvalue weighted by Gasteiger charge is 2.23. The van der Waals surface area contributed by atoms with Crippen molar-refractivity contribution in [3.8, 4) is 17.2 Å². The maximum Gasteiger partial charge on any atom is 0.387 e. The number of nitrogens with zero attached hydrogens (tertiary/aromatic N) is 1. The van der Waals surface area contributed by atoms with Gasteiger partial charge in [-0.05, 0) is 25.8 Å². The van der Waals surface area contributed by atoms with Crippen molar-refractivity contribution >= 4 is 29.9 Å². The van der Waals surface area contributed by atoms with Crippen LogP contribution in [0.15, 0.2) is 17.1 Å². The molecule has 1 aliphatic heterocycles. The van der Waals surface area contributed by atoms with Crippen molar-refractivity contribution in [1.82, 2.24) is 10.6 Å². The molecule has 0 aromatic heterocycles. The monoisotopic (exact) mass is 515 g/mol. The molecule has 0 fully saturated rings. The Morgan fingerprint density at radius 2 is 1.86 bits per heavy atom. The minimum atomic E-state index is -2.96. The average molecular weight is 515 g/mol. The molecular formula is C18H28F2IN3O4. The number of hydrogen-bond acceptors (Lipinski definition) is 5. The van der Waals surface area contributed by atoms with Gasteiger partial charge in [0, 0.05) is 24.7 Å². The third-order valence-corrected chi connectivity index (χ3v) is 4.42. The number of alkyl halides is 2. The summed E-state index contributed by atoms with van der Waals surface area (Å²) in [6, 6.07) is 2.97. The van der Waals surface area contributed by atoms with Gasteiger partial charge in [-0.2, -0.15) is 8.78 Å². The van der Waals surface area contributed by atoms with Crippen molar-refractivity contribution in [3.63, 3.8) is 0 Å². The van der Waals surface area contributed by atoms with E-state index in [2.05, 4.69) is 20.4 Å². The summed E-state index contributed by atoms with van der Waals surface area (Å²) in [5, 5.41) is 16.6. The fraction of sp³-hybridized carbons (Fsp3) is 0.611. The molecular weight excluding hydrogens is 487 g/mol. The zero-order valence-corrected chi connectivity index (χ0v) is 18.6. The molecule has 1 aromatic rings. The van der Waals surface area contributed by atoms with Gasteiger partial charge in [-0.1, -0.05) is 13.8 Å². The van der Waals surface area contributed by atoms with Gasteiger partial charge in [-0.3, -0.25) is 0 Å². The summed E-state index contributed by atoms with van der Waals surface area (Å²) < 4.78 is 40.5. The number of ether oxygens (including phenoxy) is 3. The molecule has 0 radical (unpaired) electrons. The summed E-state index contributed by atoms with van der Waals surface area (Å²) in [5.74, 6) is 1.29. The van der Waals surface area contributed by atoms with Gasteiger partial charge in [0.15, 0.2) is 17.5 Å². The van der Waals surface area contributed by atoms with Gasteiger partial charge >= 0.3 is 6.61 Å². The lowest BCUT2D eigenvalue weighted by atomic mass is 9.98. The lowest BCUT2D eigenvalue weighted by molar-refractivity contribution is -0.0505. The lowest BCUT2D eigenvalue weighted by Crippen LogP contribution is -2.46. The Morgan fingerprint density at radius 1 is 1.21 bits per heavy atom. The minimum absolute atomic E-state index is 0. The number of aliphatic hydroxyl groups is 1. The van der Waals surface area contributed by atoms with Crippen LogP contribution < -0.4 is 24.8 Å². The standard InChI is InChI=1S/C18H27F2N3O4.HI/c1-4-18(24,5-2)10-23-17(21-6-3)22-9-12-7-14-15(26-11-25-14)8-13(12)27-16(19)20;/h7-8,16,24H,4-6,9-11H2,1-3H3,(H2,21,22,23);1H. The molecule has 10 heteroatoms. The van der Waals surface area contributed by atoms with E-state index in [4.69, 9.17) is 9.47 Å². The van der Waals surface area contributed by atoms with E-state index < -0.39 is 12.2 Å². The Bertz CT molecular complexity index is 658. The quantitative estimate of drug-likeness (QED) is 0.266. The van der Waals surface area contributed by atoms with Crippen molar-refractivity contribution < 1.29 is 28.1 Å². The molecule has 0 unspecified atom stereocenters. The predicted molar refractivity (Wildman–Crippen MR) is 113 cm³/mol. The van der Waals surface area contributed by atoms with Crippen LogP contribution in [-0.4, -0.2) is 43.2 Å². The highest BCUT2D eigenvalue weighted by atomic mass is 127. The molecule has 3 N–H and O–H groups in total. The van der Waals surface area contributed by atoms with Crippen LogP contribution in [0.5, 0.6) is 17.2 Å². The third kappa shape index (κ3) is 6.80. The molecule has 1 heterocycles. The van der Waals surface area contributed by atoms with Crippen LogP contribution in [-0.2, 0) is 6.54 Å². The Morgan fingerprint density at radius 3 is 2.43 bits per heavy atom. The number of aliphatic imine (C=N–C) groups is 1.